The average molecular weight is 332 g/mol. The van der Waals surface area contributed by atoms with Gasteiger partial charge in [0.2, 0.25) is 11.8 Å². The molecule has 2 saturated heterocycles. The Hall–Kier alpha value is -1.15. The van der Waals surface area contributed by atoms with Gasteiger partial charge in [-0.25, -0.2) is 8.42 Å². The first kappa shape index (κ1) is 17.2. The molecule has 22 heavy (non-hydrogen) atoms. The smallest absolute Gasteiger partial charge is 0.225 e. The zero-order valence-corrected chi connectivity index (χ0v) is 13.7. The highest BCUT2D eigenvalue weighted by atomic mass is 32.2. The minimum absolute atomic E-state index is 0.0318. The first-order chi connectivity index (χ1) is 10.4. The summed E-state index contributed by atoms with van der Waals surface area (Å²) in [7, 11) is -1.38. The number of hydrogen-bond acceptors (Lipinski definition) is 5. The molecule has 0 aromatic carbocycles. The lowest BCUT2D eigenvalue weighted by Gasteiger charge is -2.22. The van der Waals surface area contributed by atoms with Crippen molar-refractivity contribution in [3.8, 4) is 0 Å². The number of carbonyl (C=O) groups is 2. The highest BCUT2D eigenvalue weighted by Gasteiger charge is 2.41. The molecule has 0 unspecified atom stereocenters. The molecule has 2 amide bonds. The van der Waals surface area contributed by atoms with Gasteiger partial charge in [-0.15, -0.1) is 0 Å². The minimum Gasteiger partial charge on any atom is -0.385 e. The number of carbonyl (C=O) groups excluding carboxylic acids is 2. The number of unbranched alkanes of at least 4 members (excludes halogenated alkanes) is 1. The Kier molecular flexibility index (Phi) is 5.80. The van der Waals surface area contributed by atoms with Gasteiger partial charge >= 0.3 is 0 Å². The maximum atomic E-state index is 12.1. The van der Waals surface area contributed by atoms with Crippen molar-refractivity contribution in [1.29, 1.82) is 0 Å². The van der Waals surface area contributed by atoms with Crippen LogP contribution >= 0.6 is 0 Å². The monoisotopic (exact) mass is 332 g/mol. The zero-order chi connectivity index (χ0) is 16.2. The third-order valence-corrected chi connectivity index (χ3v) is 6.00. The molecule has 2 rings (SSSR count). The SMILES string of the molecule is COCCCCNC(=O)[C@H]1CC(=O)N([C@@H]2CCS(=O)(=O)C2)C1. The first-order valence-electron chi connectivity index (χ1n) is 7.69. The van der Waals surface area contributed by atoms with E-state index >= 15 is 0 Å². The van der Waals surface area contributed by atoms with Crippen LogP contribution in [0.2, 0.25) is 0 Å². The van der Waals surface area contributed by atoms with Crippen LogP contribution < -0.4 is 5.32 Å². The van der Waals surface area contributed by atoms with Crippen molar-refractivity contribution >= 4 is 21.7 Å². The van der Waals surface area contributed by atoms with E-state index in [9.17, 15) is 18.0 Å². The number of rotatable bonds is 7. The zero-order valence-electron chi connectivity index (χ0n) is 12.9. The number of likely N-dealkylation sites (tertiary alicyclic amines) is 1. The summed E-state index contributed by atoms with van der Waals surface area (Å²) in [4.78, 5) is 25.7. The van der Waals surface area contributed by atoms with E-state index in [0.717, 1.165) is 12.8 Å². The first-order valence-corrected chi connectivity index (χ1v) is 9.51. The van der Waals surface area contributed by atoms with Crippen LogP contribution in [0.5, 0.6) is 0 Å². The van der Waals surface area contributed by atoms with Gasteiger partial charge in [-0.3, -0.25) is 9.59 Å². The van der Waals surface area contributed by atoms with E-state index in [0.29, 0.717) is 26.1 Å². The van der Waals surface area contributed by atoms with Crippen LogP contribution in [0.25, 0.3) is 0 Å². The van der Waals surface area contributed by atoms with E-state index < -0.39 is 9.84 Å². The van der Waals surface area contributed by atoms with Crippen molar-refractivity contribution in [3.05, 3.63) is 0 Å². The molecule has 1 N–H and O–H groups in total. The Bertz CT molecular complexity index is 519. The van der Waals surface area contributed by atoms with E-state index in [2.05, 4.69) is 5.32 Å². The van der Waals surface area contributed by atoms with Crippen molar-refractivity contribution in [2.75, 3.05) is 38.3 Å². The van der Waals surface area contributed by atoms with Gasteiger partial charge in [0.1, 0.15) is 0 Å². The average Bonchev–Trinajstić information content (AvgIpc) is 3.01. The van der Waals surface area contributed by atoms with Crippen LogP contribution in [0.4, 0.5) is 0 Å². The normalized spacial score (nSPS) is 27.3. The standard InChI is InChI=1S/C14H24N2O5S/c1-21-6-3-2-5-15-14(18)11-8-13(17)16(9-11)12-4-7-22(19,20)10-12/h11-12H,2-10H2,1H3,(H,15,18)/t11-,12+/m0/s1. The largest absolute Gasteiger partial charge is 0.385 e. The Morgan fingerprint density at radius 2 is 2.18 bits per heavy atom. The predicted octanol–water partition coefficient (Wildman–Crippen LogP) is -0.435. The van der Waals surface area contributed by atoms with Crippen LogP contribution in [0.1, 0.15) is 25.7 Å². The van der Waals surface area contributed by atoms with Crippen molar-refractivity contribution in [2.45, 2.75) is 31.7 Å². The summed E-state index contributed by atoms with van der Waals surface area (Å²) in [5, 5.41) is 2.84. The molecular weight excluding hydrogens is 308 g/mol. The van der Waals surface area contributed by atoms with Crippen molar-refractivity contribution < 1.29 is 22.7 Å². The van der Waals surface area contributed by atoms with Gasteiger partial charge in [-0.1, -0.05) is 0 Å². The van der Waals surface area contributed by atoms with E-state index in [-0.39, 0.29) is 41.7 Å². The maximum Gasteiger partial charge on any atom is 0.225 e. The van der Waals surface area contributed by atoms with Crippen LogP contribution in [-0.4, -0.2) is 69.5 Å². The van der Waals surface area contributed by atoms with Gasteiger partial charge in [0.05, 0.1) is 17.4 Å². The number of sulfone groups is 1. The Morgan fingerprint density at radius 1 is 1.41 bits per heavy atom. The van der Waals surface area contributed by atoms with E-state index in [4.69, 9.17) is 4.74 Å². The lowest BCUT2D eigenvalue weighted by atomic mass is 10.1. The summed E-state index contributed by atoms with van der Waals surface area (Å²) in [5.41, 5.74) is 0. The lowest BCUT2D eigenvalue weighted by molar-refractivity contribution is -0.130. The minimum atomic E-state index is -3.02. The third-order valence-electron chi connectivity index (χ3n) is 4.25. The number of methoxy groups -OCH3 is 1. The van der Waals surface area contributed by atoms with Crippen molar-refractivity contribution in [3.63, 3.8) is 0 Å². The molecule has 0 radical (unpaired) electrons. The van der Waals surface area contributed by atoms with Gasteiger partial charge < -0.3 is 15.0 Å². The Morgan fingerprint density at radius 3 is 2.82 bits per heavy atom. The molecule has 2 atom stereocenters. The molecule has 7 nitrogen and oxygen atoms in total. The second-order valence-corrected chi connectivity index (χ2v) is 8.22. The summed E-state index contributed by atoms with van der Waals surface area (Å²) in [6.45, 7) is 1.58. The molecular formula is C14H24N2O5S. The molecule has 2 aliphatic rings. The second kappa shape index (κ2) is 7.41. The summed E-state index contributed by atoms with van der Waals surface area (Å²) in [6.07, 6.45) is 2.39. The third kappa shape index (κ3) is 4.42. The molecule has 126 valence electrons. The molecule has 0 aliphatic carbocycles. The fourth-order valence-electron chi connectivity index (χ4n) is 3.01. The van der Waals surface area contributed by atoms with Crippen molar-refractivity contribution in [1.82, 2.24) is 10.2 Å². The molecule has 0 bridgehead atoms. The predicted molar refractivity (Wildman–Crippen MR) is 81.0 cm³/mol. The molecule has 0 spiro atoms. The van der Waals surface area contributed by atoms with E-state index in [1.807, 2.05) is 0 Å². The topological polar surface area (TPSA) is 92.8 Å². The highest BCUT2D eigenvalue weighted by Crippen LogP contribution is 2.26. The maximum absolute atomic E-state index is 12.1. The number of ether oxygens (including phenoxy) is 1. The molecule has 0 aromatic heterocycles. The van der Waals surface area contributed by atoms with Crippen LogP contribution in [0, 0.1) is 5.92 Å². The summed E-state index contributed by atoms with van der Waals surface area (Å²) in [5.74, 6) is -0.420. The number of nitrogens with one attached hydrogen (secondary N) is 1. The summed E-state index contributed by atoms with van der Waals surface area (Å²) >= 11 is 0. The fourth-order valence-corrected chi connectivity index (χ4v) is 4.74. The molecule has 8 heteroatoms. The Labute approximate surface area is 131 Å². The van der Waals surface area contributed by atoms with E-state index in [1.54, 1.807) is 12.0 Å². The van der Waals surface area contributed by atoms with E-state index in [1.165, 1.54) is 0 Å². The fraction of sp³-hybridized carbons (Fsp3) is 0.857. The molecule has 2 heterocycles. The number of hydrogen-bond donors (Lipinski definition) is 1. The van der Waals surface area contributed by atoms with Gasteiger partial charge in [0.25, 0.3) is 0 Å². The van der Waals surface area contributed by atoms with Crippen LogP contribution in [0.3, 0.4) is 0 Å². The number of nitrogens with zero attached hydrogens (tertiary/aromatic N) is 1. The van der Waals surface area contributed by atoms with Gasteiger partial charge in [0.15, 0.2) is 9.84 Å². The summed E-state index contributed by atoms with van der Waals surface area (Å²) in [6, 6.07) is -0.253. The molecule has 2 aliphatic heterocycles. The van der Waals surface area contributed by atoms with Crippen molar-refractivity contribution in [2.24, 2.45) is 5.92 Å². The van der Waals surface area contributed by atoms with Crippen LogP contribution in [-0.2, 0) is 24.2 Å². The second-order valence-electron chi connectivity index (χ2n) is 5.99. The number of amides is 2. The van der Waals surface area contributed by atoms with Gasteiger partial charge in [0, 0.05) is 39.3 Å². The van der Waals surface area contributed by atoms with Gasteiger partial charge in [-0.2, -0.15) is 0 Å². The summed E-state index contributed by atoms with van der Waals surface area (Å²) < 4.78 is 28.0. The Balaban J connectivity index is 1.78. The quantitative estimate of drug-likeness (QED) is 0.638. The highest BCUT2D eigenvalue weighted by molar-refractivity contribution is 7.91. The molecule has 2 fully saturated rings. The van der Waals surface area contributed by atoms with Crippen LogP contribution in [0.15, 0.2) is 0 Å². The molecule has 0 saturated carbocycles. The lowest BCUT2D eigenvalue weighted by Crippen LogP contribution is -2.39. The molecule has 0 aromatic rings. The van der Waals surface area contributed by atoms with Gasteiger partial charge in [-0.05, 0) is 19.3 Å².